The van der Waals surface area contributed by atoms with Gasteiger partial charge in [0.1, 0.15) is 0 Å². The van der Waals surface area contributed by atoms with E-state index in [-0.39, 0.29) is 11.4 Å². The van der Waals surface area contributed by atoms with E-state index in [0.717, 1.165) is 5.92 Å². The van der Waals surface area contributed by atoms with Crippen molar-refractivity contribution in [3.8, 4) is 0 Å². The van der Waals surface area contributed by atoms with Crippen LogP contribution >= 0.6 is 0 Å². The molecule has 0 saturated heterocycles. The molecule has 1 N–H and O–H groups in total. The topological polar surface area (TPSA) is 32.3 Å². The number of rotatable bonds is 1. The summed E-state index contributed by atoms with van der Waals surface area (Å²) in [5, 5.41) is 3.23. The molecule has 3 heteroatoms. The summed E-state index contributed by atoms with van der Waals surface area (Å²) in [6.07, 6.45) is 5.30. The summed E-state index contributed by atoms with van der Waals surface area (Å²) in [4.78, 5) is 13.4. The molecule has 0 unspecified atom stereocenters. The second-order valence-electron chi connectivity index (χ2n) is 6.25. The maximum absolute atomic E-state index is 11.8. The number of fused-ring (bicyclic) bond motifs is 3. The Kier molecular flexibility index (Phi) is 2.89. The quantitative estimate of drug-likeness (QED) is 0.729. The van der Waals surface area contributed by atoms with Gasteiger partial charge in [-0.2, -0.15) is 0 Å². The third-order valence-electron chi connectivity index (χ3n) is 4.78. The van der Waals surface area contributed by atoms with E-state index < -0.39 is 0 Å². The molecule has 1 atom stereocenters. The molecule has 3 fully saturated rings. The highest BCUT2D eigenvalue weighted by Crippen LogP contribution is 2.52. The van der Waals surface area contributed by atoms with Crippen LogP contribution in [-0.4, -0.2) is 31.1 Å². The van der Waals surface area contributed by atoms with Crippen LogP contribution in [0.1, 0.15) is 39.5 Å². The van der Waals surface area contributed by atoms with E-state index in [4.69, 9.17) is 0 Å². The number of hydrogen-bond acceptors (Lipinski definition) is 1. The van der Waals surface area contributed by atoms with Crippen molar-refractivity contribution in [3.63, 3.8) is 0 Å². The molecule has 0 aromatic rings. The highest BCUT2D eigenvalue weighted by molar-refractivity contribution is 5.74. The smallest absolute Gasteiger partial charge is 0.317 e. The monoisotopic (exact) mass is 224 g/mol. The van der Waals surface area contributed by atoms with Crippen molar-refractivity contribution in [3.05, 3.63) is 0 Å². The molecule has 0 aromatic heterocycles. The summed E-state index contributed by atoms with van der Waals surface area (Å²) in [6.45, 7) is 4.65. The SMILES string of the molecule is CN(C)C(=O)N[C@@H]1C2CCC(CC2)C1(C)C. The average Bonchev–Trinajstić information content (AvgIpc) is 2.23. The van der Waals surface area contributed by atoms with Gasteiger partial charge >= 0.3 is 6.03 Å². The van der Waals surface area contributed by atoms with E-state index in [1.807, 2.05) is 14.1 Å². The van der Waals surface area contributed by atoms with Crippen LogP contribution in [0.4, 0.5) is 4.79 Å². The zero-order chi connectivity index (χ0) is 11.9. The van der Waals surface area contributed by atoms with Crippen molar-refractivity contribution < 1.29 is 4.79 Å². The van der Waals surface area contributed by atoms with E-state index >= 15 is 0 Å². The van der Waals surface area contributed by atoms with Crippen molar-refractivity contribution in [1.29, 1.82) is 0 Å². The summed E-state index contributed by atoms with van der Waals surface area (Å²) >= 11 is 0. The van der Waals surface area contributed by atoms with Crippen LogP contribution in [0.15, 0.2) is 0 Å². The fourth-order valence-corrected chi connectivity index (χ4v) is 3.62. The van der Waals surface area contributed by atoms with E-state index in [1.165, 1.54) is 25.7 Å². The van der Waals surface area contributed by atoms with Gasteiger partial charge in [0.25, 0.3) is 0 Å². The lowest BCUT2D eigenvalue weighted by Crippen LogP contribution is -2.59. The normalized spacial score (nSPS) is 35.9. The van der Waals surface area contributed by atoms with Crippen molar-refractivity contribution in [1.82, 2.24) is 10.2 Å². The van der Waals surface area contributed by atoms with Gasteiger partial charge < -0.3 is 10.2 Å². The number of carbonyl (C=O) groups is 1. The molecule has 3 aliphatic rings. The lowest BCUT2D eigenvalue weighted by molar-refractivity contribution is -0.00918. The number of amides is 2. The molecule has 92 valence electrons. The fraction of sp³-hybridized carbons (Fsp3) is 0.923. The summed E-state index contributed by atoms with van der Waals surface area (Å²) < 4.78 is 0. The lowest BCUT2D eigenvalue weighted by Gasteiger charge is -2.54. The molecule has 0 aromatic carbocycles. The molecule has 3 nitrogen and oxygen atoms in total. The molecule has 0 spiro atoms. The largest absolute Gasteiger partial charge is 0.334 e. The van der Waals surface area contributed by atoms with Crippen molar-refractivity contribution >= 4 is 6.03 Å². The molecule has 3 aliphatic carbocycles. The zero-order valence-corrected chi connectivity index (χ0v) is 10.9. The second-order valence-corrected chi connectivity index (χ2v) is 6.25. The number of nitrogens with zero attached hydrogens (tertiary/aromatic N) is 1. The highest BCUT2D eigenvalue weighted by atomic mass is 16.2. The lowest BCUT2D eigenvalue weighted by atomic mass is 9.54. The molecule has 2 bridgehead atoms. The first kappa shape index (κ1) is 11.7. The van der Waals surface area contributed by atoms with Crippen LogP contribution < -0.4 is 5.32 Å². The standard InChI is InChI=1S/C13H24N2O/c1-13(2)10-7-5-9(6-8-10)11(13)14-12(16)15(3)4/h9-11H,5-8H2,1-4H3,(H,14,16)/t9?,10?,11-/m1/s1. The van der Waals surface area contributed by atoms with Crippen LogP contribution in [0.3, 0.4) is 0 Å². The maximum atomic E-state index is 11.8. The van der Waals surface area contributed by atoms with Gasteiger partial charge in [0.15, 0.2) is 0 Å². The first-order valence-corrected chi connectivity index (χ1v) is 6.40. The minimum Gasteiger partial charge on any atom is -0.334 e. The Bertz CT molecular complexity index is 278. The molecular formula is C13H24N2O. The van der Waals surface area contributed by atoms with Gasteiger partial charge in [-0.25, -0.2) is 4.79 Å². The zero-order valence-electron chi connectivity index (χ0n) is 10.9. The van der Waals surface area contributed by atoms with E-state index in [0.29, 0.717) is 12.0 Å². The Balaban J connectivity index is 2.10. The summed E-state index contributed by atoms with van der Waals surface area (Å²) in [5.74, 6) is 1.49. The predicted octanol–water partition coefficient (Wildman–Crippen LogP) is 2.47. The molecule has 0 radical (unpaired) electrons. The Labute approximate surface area is 98.6 Å². The Morgan fingerprint density at radius 3 is 2.19 bits per heavy atom. The van der Waals surface area contributed by atoms with Crippen molar-refractivity contribution in [2.75, 3.05) is 14.1 Å². The van der Waals surface area contributed by atoms with E-state index in [9.17, 15) is 4.79 Å². The van der Waals surface area contributed by atoms with Crippen LogP contribution in [0.25, 0.3) is 0 Å². The number of hydrogen-bond donors (Lipinski definition) is 1. The van der Waals surface area contributed by atoms with Gasteiger partial charge in [-0.05, 0) is 42.9 Å². The molecule has 3 rings (SSSR count). The summed E-state index contributed by atoms with van der Waals surface area (Å²) in [5.41, 5.74) is 0.271. The second kappa shape index (κ2) is 3.94. The van der Waals surface area contributed by atoms with Crippen LogP contribution in [0, 0.1) is 17.3 Å². The van der Waals surface area contributed by atoms with E-state index in [2.05, 4.69) is 19.2 Å². The fourth-order valence-electron chi connectivity index (χ4n) is 3.62. The predicted molar refractivity (Wildman–Crippen MR) is 65.2 cm³/mol. The third kappa shape index (κ3) is 1.80. The van der Waals surface area contributed by atoms with Crippen molar-refractivity contribution in [2.24, 2.45) is 17.3 Å². The molecule has 2 amide bonds. The Hall–Kier alpha value is -0.730. The molecule has 3 saturated carbocycles. The Morgan fingerprint density at radius 1 is 1.19 bits per heavy atom. The number of carbonyl (C=O) groups excluding carboxylic acids is 1. The summed E-state index contributed by atoms with van der Waals surface area (Å²) in [6, 6.07) is 0.431. The van der Waals surface area contributed by atoms with Gasteiger partial charge in [-0.1, -0.05) is 13.8 Å². The molecular weight excluding hydrogens is 200 g/mol. The first-order chi connectivity index (χ1) is 7.43. The van der Waals surface area contributed by atoms with Gasteiger partial charge in [-0.3, -0.25) is 0 Å². The number of nitrogens with one attached hydrogen (secondary N) is 1. The highest BCUT2D eigenvalue weighted by Gasteiger charge is 2.49. The van der Waals surface area contributed by atoms with Crippen LogP contribution in [0.5, 0.6) is 0 Å². The van der Waals surface area contributed by atoms with Crippen LogP contribution in [-0.2, 0) is 0 Å². The minimum absolute atomic E-state index is 0.0608. The van der Waals surface area contributed by atoms with Crippen molar-refractivity contribution in [2.45, 2.75) is 45.6 Å². The van der Waals surface area contributed by atoms with Gasteiger partial charge in [-0.15, -0.1) is 0 Å². The Morgan fingerprint density at radius 2 is 1.75 bits per heavy atom. The summed E-state index contributed by atoms with van der Waals surface area (Å²) in [7, 11) is 3.62. The molecule has 16 heavy (non-hydrogen) atoms. The molecule has 0 aliphatic heterocycles. The van der Waals surface area contributed by atoms with Gasteiger partial charge in [0.05, 0.1) is 0 Å². The van der Waals surface area contributed by atoms with E-state index in [1.54, 1.807) is 4.90 Å². The minimum atomic E-state index is 0.0608. The van der Waals surface area contributed by atoms with Crippen LogP contribution in [0.2, 0.25) is 0 Å². The van der Waals surface area contributed by atoms with Gasteiger partial charge in [0.2, 0.25) is 0 Å². The molecule has 0 heterocycles. The third-order valence-corrected chi connectivity index (χ3v) is 4.78. The number of urea groups is 1. The van der Waals surface area contributed by atoms with Gasteiger partial charge in [0, 0.05) is 20.1 Å². The first-order valence-electron chi connectivity index (χ1n) is 6.40. The maximum Gasteiger partial charge on any atom is 0.317 e. The average molecular weight is 224 g/mol.